The summed E-state index contributed by atoms with van der Waals surface area (Å²) in [5.74, 6) is 0.227. The number of H-pyrrole nitrogens is 1. The molecule has 10 nitrogen and oxygen atoms in total. The number of hydrogen-bond donors (Lipinski definition) is 2. The minimum atomic E-state index is -0.690. The second kappa shape index (κ2) is 10.7. The predicted octanol–water partition coefficient (Wildman–Crippen LogP) is 2.56. The number of nitrogens with one attached hydrogen (secondary N) is 1. The lowest BCUT2D eigenvalue weighted by molar-refractivity contribution is 0.0981. The van der Waals surface area contributed by atoms with E-state index in [0.717, 1.165) is 18.5 Å². The van der Waals surface area contributed by atoms with Crippen molar-refractivity contribution < 1.29 is 9.53 Å². The van der Waals surface area contributed by atoms with Crippen molar-refractivity contribution in [2.45, 2.75) is 46.1 Å². The first-order valence-electron chi connectivity index (χ1n) is 11.1. The number of benzene rings is 1. The van der Waals surface area contributed by atoms with Gasteiger partial charge in [0.05, 0.1) is 12.8 Å². The van der Waals surface area contributed by atoms with E-state index in [1.165, 1.54) is 9.47 Å². The summed E-state index contributed by atoms with van der Waals surface area (Å²) >= 11 is 0. The molecule has 2 heterocycles. The average Bonchev–Trinajstić information content (AvgIpc) is 3.31. The molecule has 0 radical (unpaired) electrons. The molecule has 0 aliphatic rings. The van der Waals surface area contributed by atoms with Gasteiger partial charge >= 0.3 is 5.69 Å². The fraction of sp³-hybridized carbons (Fsp3) is 0.391. The molecule has 2 aromatic heterocycles. The number of carbonyl (C=O) groups excluding carboxylic acids is 1. The number of nitrogen functional groups attached to an aromatic ring is 1. The Balaban J connectivity index is 2.00. The Morgan fingerprint density at radius 3 is 2.45 bits per heavy atom. The Bertz CT molecular complexity index is 1210. The Kier molecular flexibility index (Phi) is 7.70. The van der Waals surface area contributed by atoms with E-state index in [1.807, 2.05) is 26.0 Å². The van der Waals surface area contributed by atoms with Gasteiger partial charge in [-0.2, -0.15) is 5.10 Å². The van der Waals surface area contributed by atoms with E-state index in [1.54, 1.807) is 36.2 Å². The molecule has 0 aliphatic carbocycles. The maximum atomic E-state index is 13.4. The van der Waals surface area contributed by atoms with Crippen molar-refractivity contribution in [1.29, 1.82) is 0 Å². The summed E-state index contributed by atoms with van der Waals surface area (Å²) in [5, 5.41) is 4.40. The molecular weight excluding hydrogens is 424 g/mol. The largest absolute Gasteiger partial charge is 0.497 e. The highest BCUT2D eigenvalue weighted by Crippen LogP contribution is 2.21. The normalized spacial score (nSPS) is 10.9. The maximum Gasteiger partial charge on any atom is 0.330 e. The number of aromatic nitrogens is 4. The lowest BCUT2D eigenvalue weighted by Crippen LogP contribution is -2.41. The topological polar surface area (TPSA) is 128 Å². The highest BCUT2D eigenvalue weighted by atomic mass is 16.5. The van der Waals surface area contributed by atoms with E-state index < -0.39 is 17.2 Å². The number of aromatic amines is 1. The van der Waals surface area contributed by atoms with Crippen LogP contribution in [0.2, 0.25) is 0 Å². The monoisotopic (exact) mass is 454 g/mol. The van der Waals surface area contributed by atoms with Crippen LogP contribution < -0.4 is 26.6 Å². The number of carbonyl (C=O) groups is 1. The summed E-state index contributed by atoms with van der Waals surface area (Å²) in [4.78, 5) is 42.1. The minimum Gasteiger partial charge on any atom is -0.497 e. The van der Waals surface area contributed by atoms with Crippen molar-refractivity contribution in [2.75, 3.05) is 24.3 Å². The molecular formula is C23H30N6O4. The van der Waals surface area contributed by atoms with Crippen molar-refractivity contribution in [3.8, 4) is 11.4 Å². The number of nitrogens with zero attached hydrogens (tertiary/aromatic N) is 4. The summed E-state index contributed by atoms with van der Waals surface area (Å²) in [6.45, 7) is 4.59. The van der Waals surface area contributed by atoms with Crippen LogP contribution in [0.1, 0.15) is 50.0 Å². The van der Waals surface area contributed by atoms with E-state index in [0.29, 0.717) is 25.1 Å². The van der Waals surface area contributed by atoms with Gasteiger partial charge in [-0.05, 0) is 43.2 Å². The van der Waals surface area contributed by atoms with Crippen LogP contribution in [-0.2, 0) is 6.54 Å². The highest BCUT2D eigenvalue weighted by Gasteiger charge is 2.26. The lowest BCUT2D eigenvalue weighted by atomic mass is 10.2. The van der Waals surface area contributed by atoms with Gasteiger partial charge in [-0.1, -0.05) is 26.7 Å². The first-order chi connectivity index (χ1) is 15.9. The second-order valence-corrected chi connectivity index (χ2v) is 7.65. The number of hydrogen-bond acceptors (Lipinski definition) is 6. The van der Waals surface area contributed by atoms with E-state index in [9.17, 15) is 14.4 Å². The zero-order valence-electron chi connectivity index (χ0n) is 19.2. The van der Waals surface area contributed by atoms with Crippen molar-refractivity contribution in [3.05, 3.63) is 63.1 Å². The molecule has 0 atom stereocenters. The van der Waals surface area contributed by atoms with Crippen molar-refractivity contribution in [1.82, 2.24) is 19.3 Å². The lowest BCUT2D eigenvalue weighted by Gasteiger charge is -2.23. The molecule has 0 fully saturated rings. The molecule has 176 valence electrons. The van der Waals surface area contributed by atoms with Gasteiger partial charge in [-0.15, -0.1) is 0 Å². The van der Waals surface area contributed by atoms with Crippen LogP contribution in [0.3, 0.4) is 0 Å². The number of methoxy groups -OCH3 is 1. The van der Waals surface area contributed by atoms with Gasteiger partial charge in [0.25, 0.3) is 11.5 Å². The van der Waals surface area contributed by atoms with Crippen LogP contribution in [0.5, 0.6) is 5.75 Å². The Morgan fingerprint density at radius 2 is 1.82 bits per heavy atom. The average molecular weight is 455 g/mol. The van der Waals surface area contributed by atoms with Crippen LogP contribution in [0.25, 0.3) is 5.69 Å². The molecule has 1 aromatic carbocycles. The van der Waals surface area contributed by atoms with Crippen molar-refractivity contribution >= 4 is 17.4 Å². The number of nitrogens with two attached hydrogens (primary N) is 1. The maximum absolute atomic E-state index is 13.4. The van der Waals surface area contributed by atoms with Crippen LogP contribution in [0.15, 0.2) is 46.1 Å². The van der Waals surface area contributed by atoms with Crippen molar-refractivity contribution in [2.24, 2.45) is 0 Å². The molecule has 3 aromatic rings. The molecule has 1 amide bonds. The highest BCUT2D eigenvalue weighted by molar-refractivity contribution is 6.06. The van der Waals surface area contributed by atoms with Gasteiger partial charge in [-0.25, -0.2) is 9.48 Å². The Hall–Kier alpha value is -3.82. The first kappa shape index (κ1) is 23.8. The van der Waals surface area contributed by atoms with Gasteiger partial charge in [0, 0.05) is 19.3 Å². The third-order valence-electron chi connectivity index (χ3n) is 5.34. The molecule has 0 aliphatic heterocycles. The summed E-state index contributed by atoms with van der Waals surface area (Å²) in [6, 6.07) is 8.82. The second-order valence-electron chi connectivity index (χ2n) is 7.65. The molecule has 3 N–H and O–H groups in total. The molecule has 33 heavy (non-hydrogen) atoms. The van der Waals surface area contributed by atoms with Gasteiger partial charge in [0.2, 0.25) is 0 Å². The number of ether oxygens (including phenoxy) is 1. The van der Waals surface area contributed by atoms with E-state index in [-0.39, 0.29) is 23.7 Å². The van der Waals surface area contributed by atoms with Crippen LogP contribution >= 0.6 is 0 Å². The smallest absolute Gasteiger partial charge is 0.330 e. The number of amides is 1. The third kappa shape index (κ3) is 5.16. The first-order valence-corrected chi connectivity index (χ1v) is 11.1. The molecule has 10 heteroatoms. The molecule has 0 saturated carbocycles. The van der Waals surface area contributed by atoms with Crippen LogP contribution in [0, 0.1) is 0 Å². The van der Waals surface area contributed by atoms with Gasteiger partial charge in [0.1, 0.15) is 11.6 Å². The van der Waals surface area contributed by atoms with Gasteiger partial charge < -0.3 is 10.5 Å². The van der Waals surface area contributed by atoms with Gasteiger partial charge in [0.15, 0.2) is 11.4 Å². The van der Waals surface area contributed by atoms with Crippen LogP contribution in [-0.4, -0.2) is 38.9 Å². The third-order valence-corrected chi connectivity index (χ3v) is 5.34. The summed E-state index contributed by atoms with van der Waals surface area (Å²) < 4.78 is 8.05. The SMILES string of the molecule is CCCCN(C(=O)c1ccn(-c2ccc(OC)cc2)n1)c1c(N)n(CCCC)c(=O)[nH]c1=O. The zero-order chi connectivity index (χ0) is 24.0. The predicted molar refractivity (Wildman–Crippen MR) is 127 cm³/mol. The quantitative estimate of drug-likeness (QED) is 0.484. The van der Waals surface area contributed by atoms with E-state index in [2.05, 4.69) is 10.1 Å². The molecule has 0 saturated heterocycles. The Labute approximate surface area is 191 Å². The van der Waals surface area contributed by atoms with E-state index >= 15 is 0 Å². The standard InChI is InChI=1S/C23H30N6O4/c1-4-6-13-27(19-20(24)28(14-7-5-2)23(32)25-21(19)30)22(31)18-12-15-29(26-18)16-8-10-17(33-3)11-9-16/h8-12,15H,4-7,13-14,24H2,1-3H3,(H,25,30,32). The minimum absolute atomic E-state index is 0.0174. The molecule has 0 unspecified atom stereocenters. The Morgan fingerprint density at radius 1 is 1.12 bits per heavy atom. The van der Waals surface area contributed by atoms with Crippen molar-refractivity contribution in [3.63, 3.8) is 0 Å². The number of rotatable bonds is 10. The fourth-order valence-electron chi connectivity index (χ4n) is 3.46. The molecule has 0 spiro atoms. The fourth-order valence-corrected chi connectivity index (χ4v) is 3.46. The summed E-state index contributed by atoms with van der Waals surface area (Å²) in [7, 11) is 1.59. The number of anilines is 2. The molecule has 3 rings (SSSR count). The zero-order valence-corrected chi connectivity index (χ0v) is 19.2. The number of unbranched alkanes of at least 4 members (excludes halogenated alkanes) is 2. The van der Waals surface area contributed by atoms with E-state index in [4.69, 9.17) is 10.5 Å². The summed E-state index contributed by atoms with van der Waals surface area (Å²) in [5.41, 5.74) is 5.86. The van der Waals surface area contributed by atoms with Crippen LogP contribution in [0.4, 0.5) is 11.5 Å². The van der Waals surface area contributed by atoms with Gasteiger partial charge in [-0.3, -0.25) is 24.0 Å². The molecule has 0 bridgehead atoms. The summed E-state index contributed by atoms with van der Waals surface area (Å²) in [6.07, 6.45) is 4.68.